The van der Waals surface area contributed by atoms with Gasteiger partial charge < -0.3 is 15.4 Å². The van der Waals surface area contributed by atoms with E-state index >= 15 is 0 Å². The van der Waals surface area contributed by atoms with Crippen LogP contribution in [0.15, 0.2) is 23.3 Å². The summed E-state index contributed by atoms with van der Waals surface area (Å²) in [6.07, 6.45) is 3.42. The van der Waals surface area contributed by atoms with Crippen molar-refractivity contribution in [3.63, 3.8) is 0 Å². The Bertz CT molecular complexity index is 481. The predicted molar refractivity (Wildman–Crippen MR) is 65.4 cm³/mol. The number of hydrogen-bond acceptors (Lipinski definition) is 3. The van der Waals surface area contributed by atoms with E-state index in [0.717, 1.165) is 0 Å². The van der Waals surface area contributed by atoms with Crippen LogP contribution in [0.1, 0.15) is 30.1 Å². The first-order valence-electron chi connectivity index (χ1n) is 5.71. The number of amides is 1. The number of pyridine rings is 1. The number of carbonyl (C=O) groups is 2. The van der Waals surface area contributed by atoms with Crippen LogP contribution in [0.5, 0.6) is 0 Å². The third kappa shape index (κ3) is 4.04. The zero-order valence-electron chi connectivity index (χ0n) is 10.1. The first-order valence-corrected chi connectivity index (χ1v) is 5.71. The van der Waals surface area contributed by atoms with E-state index in [0.29, 0.717) is 6.42 Å². The van der Waals surface area contributed by atoms with Crippen LogP contribution in [0.3, 0.4) is 0 Å². The zero-order valence-corrected chi connectivity index (χ0v) is 10.1. The van der Waals surface area contributed by atoms with Crippen molar-refractivity contribution >= 4 is 11.9 Å². The molecule has 0 saturated carbocycles. The number of carboxylic acid groups (broad SMARTS) is 1. The minimum absolute atomic E-state index is 0.00191. The van der Waals surface area contributed by atoms with Gasteiger partial charge in [0.1, 0.15) is 5.56 Å². The van der Waals surface area contributed by atoms with E-state index in [1.807, 2.05) is 6.92 Å². The third-order valence-corrected chi connectivity index (χ3v) is 2.66. The maximum absolute atomic E-state index is 11.7. The first-order chi connectivity index (χ1) is 8.54. The van der Waals surface area contributed by atoms with Crippen molar-refractivity contribution in [2.24, 2.45) is 5.92 Å². The number of aromatic nitrogens is 1. The van der Waals surface area contributed by atoms with Gasteiger partial charge in [0.15, 0.2) is 5.43 Å². The molecule has 1 rings (SSSR count). The molecule has 1 unspecified atom stereocenters. The van der Waals surface area contributed by atoms with Crippen LogP contribution in [-0.2, 0) is 4.79 Å². The van der Waals surface area contributed by atoms with E-state index in [2.05, 4.69) is 10.3 Å². The molecule has 1 amide bonds. The van der Waals surface area contributed by atoms with Crippen LogP contribution in [0.4, 0.5) is 0 Å². The highest BCUT2D eigenvalue weighted by atomic mass is 16.4. The molecule has 0 fully saturated rings. The molecule has 0 radical (unpaired) electrons. The molecule has 6 nitrogen and oxygen atoms in total. The lowest BCUT2D eigenvalue weighted by Crippen LogP contribution is -2.33. The number of aliphatic carboxylic acids is 1. The quantitative estimate of drug-likeness (QED) is 0.690. The van der Waals surface area contributed by atoms with Gasteiger partial charge >= 0.3 is 5.97 Å². The molecular weight excluding hydrogens is 236 g/mol. The van der Waals surface area contributed by atoms with E-state index in [9.17, 15) is 14.4 Å². The first kappa shape index (κ1) is 14.0. The highest BCUT2D eigenvalue weighted by Gasteiger charge is 2.14. The Morgan fingerprint density at radius 1 is 1.50 bits per heavy atom. The Kier molecular flexibility index (Phi) is 5.10. The van der Waals surface area contributed by atoms with E-state index in [1.54, 1.807) is 0 Å². The Hall–Kier alpha value is -2.11. The molecule has 0 aliphatic heterocycles. The molecule has 1 atom stereocenters. The monoisotopic (exact) mass is 252 g/mol. The molecule has 18 heavy (non-hydrogen) atoms. The Morgan fingerprint density at radius 3 is 2.78 bits per heavy atom. The molecule has 0 spiro atoms. The van der Waals surface area contributed by atoms with Gasteiger partial charge in [-0.25, -0.2) is 0 Å². The summed E-state index contributed by atoms with van der Waals surface area (Å²) in [5.74, 6) is -1.51. The second-order valence-electron chi connectivity index (χ2n) is 4.00. The molecule has 1 aromatic heterocycles. The number of carboxylic acids is 1. The molecule has 0 aromatic carbocycles. The van der Waals surface area contributed by atoms with Crippen molar-refractivity contribution in [3.05, 3.63) is 34.2 Å². The number of hydrogen-bond donors (Lipinski definition) is 3. The van der Waals surface area contributed by atoms with E-state index in [1.165, 1.54) is 18.5 Å². The summed E-state index contributed by atoms with van der Waals surface area (Å²) in [6, 6.07) is 1.27. The summed E-state index contributed by atoms with van der Waals surface area (Å²) in [6.45, 7) is 2.10. The van der Waals surface area contributed by atoms with Crippen LogP contribution < -0.4 is 10.7 Å². The van der Waals surface area contributed by atoms with Crippen LogP contribution in [0.2, 0.25) is 0 Å². The Labute approximate surface area is 104 Å². The van der Waals surface area contributed by atoms with E-state index in [4.69, 9.17) is 5.11 Å². The zero-order chi connectivity index (χ0) is 13.5. The lowest BCUT2D eigenvalue weighted by molar-refractivity contribution is -0.138. The largest absolute Gasteiger partial charge is 0.481 e. The van der Waals surface area contributed by atoms with Gasteiger partial charge in [0, 0.05) is 31.4 Å². The maximum Gasteiger partial charge on any atom is 0.303 e. The van der Waals surface area contributed by atoms with E-state index in [-0.39, 0.29) is 29.9 Å². The number of nitrogens with one attached hydrogen (secondary N) is 2. The van der Waals surface area contributed by atoms with Crippen molar-refractivity contribution in [2.75, 3.05) is 6.54 Å². The van der Waals surface area contributed by atoms with Crippen molar-refractivity contribution in [1.29, 1.82) is 0 Å². The van der Waals surface area contributed by atoms with Gasteiger partial charge in [-0.05, 0) is 5.92 Å². The molecule has 6 heteroatoms. The van der Waals surface area contributed by atoms with Gasteiger partial charge in [0.05, 0.1) is 0 Å². The van der Waals surface area contributed by atoms with Crippen molar-refractivity contribution in [2.45, 2.75) is 19.8 Å². The smallest absolute Gasteiger partial charge is 0.303 e. The van der Waals surface area contributed by atoms with E-state index < -0.39 is 11.9 Å². The molecule has 1 heterocycles. The summed E-state index contributed by atoms with van der Waals surface area (Å²) in [7, 11) is 0. The summed E-state index contributed by atoms with van der Waals surface area (Å²) in [4.78, 5) is 36.3. The van der Waals surface area contributed by atoms with Gasteiger partial charge in [0.25, 0.3) is 5.91 Å². The van der Waals surface area contributed by atoms with Crippen LogP contribution in [0.25, 0.3) is 0 Å². The van der Waals surface area contributed by atoms with Gasteiger partial charge in [-0.2, -0.15) is 0 Å². The second kappa shape index (κ2) is 6.58. The van der Waals surface area contributed by atoms with Gasteiger partial charge in [-0.15, -0.1) is 0 Å². The number of aromatic amines is 1. The van der Waals surface area contributed by atoms with Crippen LogP contribution >= 0.6 is 0 Å². The standard InChI is InChI=1S/C12H16N2O4/c1-2-8(5-11(16)17)6-14-12(18)9-7-13-4-3-10(9)15/h3-4,7-8H,2,5-6H2,1H3,(H,13,15)(H,14,18)(H,16,17). The van der Waals surface area contributed by atoms with Crippen LogP contribution in [0, 0.1) is 5.92 Å². The minimum Gasteiger partial charge on any atom is -0.481 e. The second-order valence-corrected chi connectivity index (χ2v) is 4.00. The third-order valence-electron chi connectivity index (χ3n) is 2.66. The average molecular weight is 252 g/mol. The lowest BCUT2D eigenvalue weighted by atomic mass is 10.0. The highest BCUT2D eigenvalue weighted by molar-refractivity contribution is 5.93. The summed E-state index contributed by atoms with van der Waals surface area (Å²) in [5, 5.41) is 11.2. The number of carbonyl (C=O) groups excluding carboxylic acids is 1. The fourth-order valence-electron chi connectivity index (χ4n) is 1.53. The molecular formula is C12H16N2O4. The maximum atomic E-state index is 11.7. The highest BCUT2D eigenvalue weighted by Crippen LogP contribution is 2.06. The normalized spacial score (nSPS) is 11.8. The van der Waals surface area contributed by atoms with Crippen molar-refractivity contribution in [3.8, 4) is 0 Å². The van der Waals surface area contributed by atoms with Gasteiger partial charge in [0.2, 0.25) is 0 Å². The Balaban J connectivity index is 2.58. The molecule has 0 saturated heterocycles. The minimum atomic E-state index is -0.895. The Morgan fingerprint density at radius 2 is 2.22 bits per heavy atom. The summed E-state index contributed by atoms with van der Waals surface area (Å²) < 4.78 is 0. The van der Waals surface area contributed by atoms with Crippen LogP contribution in [-0.4, -0.2) is 28.5 Å². The average Bonchev–Trinajstić information content (AvgIpc) is 2.34. The summed E-state index contributed by atoms with van der Waals surface area (Å²) >= 11 is 0. The SMILES string of the molecule is CCC(CNC(=O)c1c[nH]ccc1=O)CC(=O)O. The molecule has 1 aromatic rings. The molecule has 0 bridgehead atoms. The fraction of sp³-hybridized carbons (Fsp3) is 0.417. The lowest BCUT2D eigenvalue weighted by Gasteiger charge is -2.13. The van der Waals surface area contributed by atoms with Crippen molar-refractivity contribution in [1.82, 2.24) is 10.3 Å². The van der Waals surface area contributed by atoms with Crippen molar-refractivity contribution < 1.29 is 14.7 Å². The number of H-pyrrole nitrogens is 1. The number of rotatable bonds is 6. The van der Waals surface area contributed by atoms with Gasteiger partial charge in [-0.3, -0.25) is 14.4 Å². The van der Waals surface area contributed by atoms with Gasteiger partial charge in [-0.1, -0.05) is 13.3 Å². The predicted octanol–water partition coefficient (Wildman–Crippen LogP) is 0.606. The topological polar surface area (TPSA) is 99.3 Å². The molecule has 3 N–H and O–H groups in total. The summed E-state index contributed by atoms with van der Waals surface area (Å²) in [5.41, 5.74) is -0.333. The fourth-order valence-corrected chi connectivity index (χ4v) is 1.53. The molecule has 98 valence electrons. The molecule has 0 aliphatic rings. The molecule has 0 aliphatic carbocycles.